The second-order valence-corrected chi connectivity index (χ2v) is 7.10. The van der Waals surface area contributed by atoms with Crippen LogP contribution in [0, 0.1) is 0 Å². The average molecular weight is 347 g/mol. The SMILES string of the molecule is NCc1sccc1S(=O)(=O)Nc1cccc(Br)c1. The largest absolute Gasteiger partial charge is 0.326 e. The summed E-state index contributed by atoms with van der Waals surface area (Å²) in [6.07, 6.45) is 0. The quantitative estimate of drug-likeness (QED) is 0.893. The Morgan fingerprint density at radius 1 is 1.33 bits per heavy atom. The first-order valence-corrected chi connectivity index (χ1v) is 8.23. The highest BCUT2D eigenvalue weighted by Crippen LogP contribution is 2.24. The Morgan fingerprint density at radius 2 is 2.11 bits per heavy atom. The van der Waals surface area contributed by atoms with E-state index in [0.717, 1.165) is 4.47 Å². The molecule has 0 aliphatic carbocycles. The zero-order valence-corrected chi connectivity index (χ0v) is 12.5. The fourth-order valence-electron chi connectivity index (χ4n) is 1.48. The lowest BCUT2D eigenvalue weighted by atomic mass is 10.3. The van der Waals surface area contributed by atoms with Crippen LogP contribution in [-0.2, 0) is 16.6 Å². The maximum Gasteiger partial charge on any atom is 0.263 e. The number of hydrogen-bond donors (Lipinski definition) is 2. The van der Waals surface area contributed by atoms with E-state index in [0.29, 0.717) is 10.6 Å². The van der Waals surface area contributed by atoms with Crippen molar-refractivity contribution >= 4 is 43.0 Å². The first kappa shape index (κ1) is 13.5. The van der Waals surface area contributed by atoms with Crippen molar-refractivity contribution in [2.24, 2.45) is 5.73 Å². The molecule has 2 rings (SSSR count). The number of nitrogens with two attached hydrogens (primary N) is 1. The molecule has 0 amide bonds. The van der Waals surface area contributed by atoms with Crippen LogP contribution in [0.5, 0.6) is 0 Å². The zero-order chi connectivity index (χ0) is 13.2. The third-order valence-corrected chi connectivity index (χ3v) is 5.29. The minimum Gasteiger partial charge on any atom is -0.326 e. The van der Waals surface area contributed by atoms with E-state index in [9.17, 15) is 8.42 Å². The van der Waals surface area contributed by atoms with Gasteiger partial charge in [-0.2, -0.15) is 0 Å². The fourth-order valence-corrected chi connectivity index (χ4v) is 4.26. The normalized spacial score (nSPS) is 11.4. The monoisotopic (exact) mass is 346 g/mol. The van der Waals surface area contributed by atoms with Gasteiger partial charge in [0.05, 0.1) is 0 Å². The third-order valence-electron chi connectivity index (χ3n) is 2.26. The van der Waals surface area contributed by atoms with Crippen LogP contribution in [-0.4, -0.2) is 8.42 Å². The topological polar surface area (TPSA) is 72.2 Å². The van der Waals surface area contributed by atoms with Gasteiger partial charge in [-0.25, -0.2) is 8.42 Å². The first-order chi connectivity index (χ1) is 8.53. The summed E-state index contributed by atoms with van der Waals surface area (Å²) in [6.45, 7) is 0.215. The molecule has 1 aromatic heterocycles. The highest BCUT2D eigenvalue weighted by atomic mass is 79.9. The molecule has 1 aromatic carbocycles. The maximum atomic E-state index is 12.2. The maximum absolute atomic E-state index is 12.2. The van der Waals surface area contributed by atoms with Gasteiger partial charge in [0, 0.05) is 21.6 Å². The summed E-state index contributed by atoms with van der Waals surface area (Å²) in [4.78, 5) is 0.896. The highest BCUT2D eigenvalue weighted by Gasteiger charge is 2.19. The van der Waals surface area contributed by atoms with Crippen molar-refractivity contribution in [3.63, 3.8) is 0 Å². The highest BCUT2D eigenvalue weighted by molar-refractivity contribution is 9.10. The van der Waals surface area contributed by atoms with Crippen LogP contribution in [0.15, 0.2) is 45.1 Å². The third kappa shape index (κ3) is 2.92. The van der Waals surface area contributed by atoms with E-state index in [1.54, 1.807) is 29.6 Å². The van der Waals surface area contributed by atoms with Crippen LogP contribution < -0.4 is 10.5 Å². The molecule has 0 aliphatic rings. The molecular weight excluding hydrogens is 336 g/mol. The molecule has 3 N–H and O–H groups in total. The molecule has 0 bridgehead atoms. The predicted molar refractivity (Wildman–Crippen MR) is 77.2 cm³/mol. The van der Waals surface area contributed by atoms with Gasteiger partial charge in [0.1, 0.15) is 4.90 Å². The molecule has 0 saturated carbocycles. The van der Waals surface area contributed by atoms with Crippen molar-refractivity contribution in [1.29, 1.82) is 0 Å². The number of sulfonamides is 1. The number of benzene rings is 1. The molecule has 0 atom stereocenters. The van der Waals surface area contributed by atoms with Gasteiger partial charge in [0.2, 0.25) is 0 Å². The van der Waals surface area contributed by atoms with Crippen LogP contribution >= 0.6 is 27.3 Å². The van der Waals surface area contributed by atoms with Gasteiger partial charge >= 0.3 is 0 Å². The summed E-state index contributed by atoms with van der Waals surface area (Å²) in [6, 6.07) is 8.54. The summed E-state index contributed by atoms with van der Waals surface area (Å²) in [7, 11) is -3.57. The molecule has 4 nitrogen and oxygen atoms in total. The zero-order valence-electron chi connectivity index (χ0n) is 9.26. The Balaban J connectivity index is 2.33. The summed E-state index contributed by atoms with van der Waals surface area (Å²) in [5, 5.41) is 1.72. The molecule has 7 heteroatoms. The summed E-state index contributed by atoms with van der Waals surface area (Å²) in [5.74, 6) is 0. The molecule has 2 aromatic rings. The number of thiophene rings is 1. The molecule has 1 heterocycles. The van der Waals surface area contributed by atoms with E-state index < -0.39 is 10.0 Å². The van der Waals surface area contributed by atoms with Crippen molar-refractivity contribution in [3.8, 4) is 0 Å². The van der Waals surface area contributed by atoms with Gasteiger partial charge in [0.15, 0.2) is 0 Å². The Morgan fingerprint density at radius 3 is 2.78 bits per heavy atom. The molecule has 18 heavy (non-hydrogen) atoms. The Hall–Kier alpha value is -0.890. The Bertz CT molecular complexity index is 653. The fraction of sp³-hybridized carbons (Fsp3) is 0.0909. The number of hydrogen-bond acceptors (Lipinski definition) is 4. The van der Waals surface area contributed by atoms with E-state index in [4.69, 9.17) is 5.73 Å². The number of halogens is 1. The van der Waals surface area contributed by atoms with E-state index in [-0.39, 0.29) is 11.4 Å². The molecule has 0 fully saturated rings. The van der Waals surface area contributed by atoms with Crippen LogP contribution in [0.25, 0.3) is 0 Å². The van der Waals surface area contributed by atoms with Gasteiger partial charge < -0.3 is 5.73 Å². The molecule has 0 saturated heterocycles. The van der Waals surface area contributed by atoms with Gasteiger partial charge in [-0.15, -0.1) is 11.3 Å². The number of anilines is 1. The molecule has 0 unspecified atom stereocenters. The van der Waals surface area contributed by atoms with E-state index in [2.05, 4.69) is 20.7 Å². The Kier molecular flexibility index (Phi) is 4.06. The summed E-state index contributed by atoms with van der Waals surface area (Å²) < 4.78 is 27.7. The van der Waals surface area contributed by atoms with Gasteiger partial charge in [-0.1, -0.05) is 22.0 Å². The molecule has 96 valence electrons. The van der Waals surface area contributed by atoms with Crippen molar-refractivity contribution in [1.82, 2.24) is 0 Å². The summed E-state index contributed by atoms with van der Waals surface area (Å²) in [5.41, 5.74) is 6.03. The smallest absolute Gasteiger partial charge is 0.263 e. The second-order valence-electron chi connectivity index (χ2n) is 3.53. The first-order valence-electron chi connectivity index (χ1n) is 5.08. The average Bonchev–Trinajstić information content (AvgIpc) is 2.77. The van der Waals surface area contributed by atoms with Crippen molar-refractivity contribution in [2.45, 2.75) is 11.4 Å². The van der Waals surface area contributed by atoms with Gasteiger partial charge in [-0.05, 0) is 29.6 Å². The van der Waals surface area contributed by atoms with E-state index >= 15 is 0 Å². The number of nitrogens with one attached hydrogen (secondary N) is 1. The standard InChI is InChI=1S/C11H11BrN2O2S2/c12-8-2-1-3-9(6-8)14-18(15,16)11-4-5-17-10(11)7-13/h1-6,14H,7,13H2. The van der Waals surface area contributed by atoms with Gasteiger partial charge in [-0.3, -0.25) is 4.72 Å². The van der Waals surface area contributed by atoms with Crippen molar-refractivity contribution < 1.29 is 8.42 Å². The van der Waals surface area contributed by atoms with E-state index in [1.807, 2.05) is 6.07 Å². The lowest BCUT2D eigenvalue weighted by Gasteiger charge is -2.08. The van der Waals surface area contributed by atoms with Crippen LogP contribution in [0.2, 0.25) is 0 Å². The van der Waals surface area contributed by atoms with Crippen LogP contribution in [0.4, 0.5) is 5.69 Å². The van der Waals surface area contributed by atoms with Crippen molar-refractivity contribution in [2.75, 3.05) is 4.72 Å². The van der Waals surface area contributed by atoms with E-state index in [1.165, 1.54) is 11.3 Å². The molecule has 0 radical (unpaired) electrons. The number of rotatable bonds is 4. The minimum absolute atomic E-state index is 0.215. The Labute approximate surface area is 118 Å². The molecule has 0 aliphatic heterocycles. The van der Waals surface area contributed by atoms with Gasteiger partial charge in [0.25, 0.3) is 10.0 Å². The molecular formula is C11H11BrN2O2S2. The van der Waals surface area contributed by atoms with Crippen LogP contribution in [0.1, 0.15) is 4.88 Å². The lowest BCUT2D eigenvalue weighted by Crippen LogP contribution is -2.14. The lowest BCUT2D eigenvalue weighted by molar-refractivity contribution is 0.600. The second kappa shape index (κ2) is 5.40. The van der Waals surface area contributed by atoms with Crippen molar-refractivity contribution in [3.05, 3.63) is 45.1 Å². The summed E-state index contributed by atoms with van der Waals surface area (Å²) >= 11 is 4.63. The van der Waals surface area contributed by atoms with Crippen LogP contribution in [0.3, 0.4) is 0 Å². The minimum atomic E-state index is -3.57. The predicted octanol–water partition coefficient (Wildman–Crippen LogP) is 2.77. The molecule has 0 spiro atoms.